The van der Waals surface area contributed by atoms with Crippen molar-refractivity contribution in [3.63, 3.8) is 0 Å². The number of halogens is 2. The number of hydrogen-bond acceptors (Lipinski definition) is 4. The van der Waals surface area contributed by atoms with Crippen LogP contribution in [0.25, 0.3) is 0 Å². The molecule has 1 aliphatic rings. The van der Waals surface area contributed by atoms with Gasteiger partial charge in [0.15, 0.2) is 0 Å². The summed E-state index contributed by atoms with van der Waals surface area (Å²) in [5, 5.41) is 3.60. The molecular weight excluding hydrogens is 351 g/mol. The third kappa shape index (κ3) is 5.36. The molecule has 0 spiro atoms. The Balaban J connectivity index is 1.74. The number of amides is 1. The maximum absolute atomic E-state index is 12.1. The van der Waals surface area contributed by atoms with E-state index in [1.807, 2.05) is 6.92 Å². The van der Waals surface area contributed by atoms with Crippen LogP contribution in [0.4, 0.5) is 5.69 Å². The summed E-state index contributed by atoms with van der Waals surface area (Å²) in [5.41, 5.74) is 0.451. The van der Waals surface area contributed by atoms with Crippen molar-refractivity contribution in [3.8, 4) is 0 Å². The van der Waals surface area contributed by atoms with Gasteiger partial charge in [-0.05, 0) is 45.0 Å². The minimum Gasteiger partial charge on any atom is -0.466 e. The number of para-hydroxylation sites is 1. The number of esters is 1. The summed E-state index contributed by atoms with van der Waals surface area (Å²) in [7, 11) is 0. The normalized spacial score (nSPS) is 16.0. The van der Waals surface area contributed by atoms with Crippen molar-refractivity contribution in [3.05, 3.63) is 28.2 Å². The number of carbonyl (C=O) groups excluding carboxylic acids is 2. The van der Waals surface area contributed by atoms with Crippen LogP contribution in [0.5, 0.6) is 0 Å². The van der Waals surface area contributed by atoms with Crippen molar-refractivity contribution in [1.29, 1.82) is 0 Å². The van der Waals surface area contributed by atoms with Crippen LogP contribution in [-0.4, -0.2) is 43.0 Å². The van der Waals surface area contributed by atoms with Crippen molar-refractivity contribution < 1.29 is 14.3 Å². The molecular formula is C17H22Cl2N2O3. The van der Waals surface area contributed by atoms with Crippen LogP contribution >= 0.6 is 23.2 Å². The summed E-state index contributed by atoms with van der Waals surface area (Å²) in [4.78, 5) is 26.0. The molecule has 0 atom stereocenters. The zero-order chi connectivity index (χ0) is 17.5. The Bertz CT molecular complexity index is 567. The summed E-state index contributed by atoms with van der Waals surface area (Å²) in [6.45, 7) is 4.47. The molecule has 1 aromatic carbocycles. The second-order valence-corrected chi connectivity index (χ2v) is 6.58. The van der Waals surface area contributed by atoms with Gasteiger partial charge in [-0.1, -0.05) is 29.3 Å². The van der Waals surface area contributed by atoms with E-state index < -0.39 is 0 Å². The molecule has 0 aromatic heterocycles. The van der Waals surface area contributed by atoms with Gasteiger partial charge < -0.3 is 15.0 Å². The Morgan fingerprint density at radius 1 is 1.25 bits per heavy atom. The van der Waals surface area contributed by atoms with E-state index in [1.165, 1.54) is 0 Å². The third-order valence-corrected chi connectivity index (χ3v) is 4.72. The average molecular weight is 373 g/mol. The Morgan fingerprint density at radius 2 is 1.88 bits per heavy atom. The van der Waals surface area contributed by atoms with Crippen molar-refractivity contribution in [2.45, 2.75) is 26.2 Å². The van der Waals surface area contributed by atoms with Gasteiger partial charge in [0.05, 0.1) is 28.3 Å². The van der Waals surface area contributed by atoms with Crippen LogP contribution in [0.3, 0.4) is 0 Å². The minimum atomic E-state index is -0.127. The molecule has 0 radical (unpaired) electrons. The van der Waals surface area contributed by atoms with Gasteiger partial charge >= 0.3 is 5.97 Å². The lowest BCUT2D eigenvalue weighted by atomic mass is 9.97. The van der Waals surface area contributed by atoms with Crippen molar-refractivity contribution in [2.75, 3.05) is 31.6 Å². The highest BCUT2D eigenvalue weighted by molar-refractivity contribution is 6.39. The first-order valence-corrected chi connectivity index (χ1v) is 8.89. The van der Waals surface area contributed by atoms with Crippen molar-refractivity contribution >= 4 is 40.8 Å². The van der Waals surface area contributed by atoms with Gasteiger partial charge in [0, 0.05) is 13.0 Å². The molecule has 2 rings (SSSR count). The number of anilines is 1. The Labute approximate surface area is 152 Å². The number of likely N-dealkylation sites (tertiary alicyclic amines) is 1. The maximum atomic E-state index is 12.1. The zero-order valence-corrected chi connectivity index (χ0v) is 15.2. The van der Waals surface area contributed by atoms with Crippen LogP contribution < -0.4 is 5.32 Å². The predicted molar refractivity (Wildman–Crippen MR) is 95.5 cm³/mol. The molecule has 1 amide bonds. The fourth-order valence-electron chi connectivity index (χ4n) is 2.73. The first-order valence-electron chi connectivity index (χ1n) is 8.14. The van der Waals surface area contributed by atoms with Gasteiger partial charge in [0.1, 0.15) is 0 Å². The summed E-state index contributed by atoms with van der Waals surface area (Å²) in [6, 6.07) is 5.10. The van der Waals surface area contributed by atoms with Crippen LogP contribution in [0.1, 0.15) is 26.2 Å². The lowest BCUT2D eigenvalue weighted by Crippen LogP contribution is -2.38. The number of nitrogens with zero attached hydrogens (tertiary/aromatic N) is 1. The summed E-state index contributed by atoms with van der Waals surface area (Å²) in [5.74, 6) is -0.252. The van der Waals surface area contributed by atoms with Crippen molar-refractivity contribution in [2.24, 2.45) is 5.92 Å². The van der Waals surface area contributed by atoms with Gasteiger partial charge in [0.25, 0.3) is 0 Å². The van der Waals surface area contributed by atoms with E-state index in [2.05, 4.69) is 10.2 Å². The molecule has 0 saturated carbocycles. The monoisotopic (exact) mass is 372 g/mol. The second-order valence-electron chi connectivity index (χ2n) is 5.76. The number of nitrogens with one attached hydrogen (secondary N) is 1. The molecule has 24 heavy (non-hydrogen) atoms. The highest BCUT2D eigenvalue weighted by Gasteiger charge is 2.26. The SMILES string of the molecule is CCOC(=O)C1CCN(CCC(=O)Nc2c(Cl)cccc2Cl)CC1. The topological polar surface area (TPSA) is 58.6 Å². The molecule has 1 aromatic rings. The van der Waals surface area contributed by atoms with E-state index in [-0.39, 0.29) is 17.8 Å². The van der Waals surface area contributed by atoms with Gasteiger partial charge in [-0.3, -0.25) is 9.59 Å². The number of rotatable bonds is 6. The summed E-state index contributed by atoms with van der Waals surface area (Å²) >= 11 is 12.1. The van der Waals surface area contributed by atoms with E-state index >= 15 is 0 Å². The molecule has 1 saturated heterocycles. The average Bonchev–Trinajstić information content (AvgIpc) is 2.57. The lowest BCUT2D eigenvalue weighted by Gasteiger charge is -2.30. The number of piperidine rings is 1. The molecule has 0 aliphatic carbocycles. The number of ether oxygens (including phenoxy) is 1. The predicted octanol–water partition coefficient (Wildman–Crippen LogP) is 3.60. The first kappa shape index (κ1) is 19.0. The Morgan fingerprint density at radius 3 is 2.46 bits per heavy atom. The fourth-order valence-corrected chi connectivity index (χ4v) is 3.22. The number of hydrogen-bond donors (Lipinski definition) is 1. The Hall–Kier alpha value is -1.30. The molecule has 7 heteroatoms. The summed E-state index contributed by atoms with van der Waals surface area (Å²) < 4.78 is 5.06. The third-order valence-electron chi connectivity index (χ3n) is 4.09. The van der Waals surface area contributed by atoms with Crippen LogP contribution in [0, 0.1) is 5.92 Å². The maximum Gasteiger partial charge on any atom is 0.309 e. The minimum absolute atomic E-state index is 0.0167. The van der Waals surface area contributed by atoms with Crippen LogP contribution in [-0.2, 0) is 14.3 Å². The van der Waals surface area contributed by atoms with Gasteiger partial charge in [0.2, 0.25) is 5.91 Å². The molecule has 1 N–H and O–H groups in total. The van der Waals surface area contributed by atoms with E-state index in [9.17, 15) is 9.59 Å². The van der Waals surface area contributed by atoms with E-state index in [1.54, 1.807) is 18.2 Å². The van der Waals surface area contributed by atoms with Gasteiger partial charge in [-0.25, -0.2) is 0 Å². The molecule has 0 bridgehead atoms. The molecule has 132 valence electrons. The van der Waals surface area contributed by atoms with E-state index in [4.69, 9.17) is 27.9 Å². The quantitative estimate of drug-likeness (QED) is 0.775. The number of benzene rings is 1. The first-order chi connectivity index (χ1) is 11.5. The fraction of sp³-hybridized carbons (Fsp3) is 0.529. The molecule has 5 nitrogen and oxygen atoms in total. The largest absolute Gasteiger partial charge is 0.466 e. The highest BCUT2D eigenvalue weighted by Crippen LogP contribution is 2.29. The number of carbonyl (C=O) groups is 2. The zero-order valence-electron chi connectivity index (χ0n) is 13.7. The standard InChI is InChI=1S/C17H22Cl2N2O3/c1-2-24-17(23)12-6-9-21(10-7-12)11-8-15(22)20-16-13(18)4-3-5-14(16)19/h3-5,12H,2,6-11H2,1H3,(H,20,22). The van der Waals surface area contributed by atoms with E-state index in [0.717, 1.165) is 25.9 Å². The van der Waals surface area contributed by atoms with E-state index in [0.29, 0.717) is 35.3 Å². The summed E-state index contributed by atoms with van der Waals surface area (Å²) in [6.07, 6.45) is 1.90. The van der Waals surface area contributed by atoms with Gasteiger partial charge in [-0.15, -0.1) is 0 Å². The van der Waals surface area contributed by atoms with Gasteiger partial charge in [-0.2, -0.15) is 0 Å². The smallest absolute Gasteiger partial charge is 0.309 e. The van der Waals surface area contributed by atoms with Crippen molar-refractivity contribution in [1.82, 2.24) is 4.90 Å². The second kappa shape index (κ2) is 9.25. The Kier molecular flexibility index (Phi) is 7.34. The highest BCUT2D eigenvalue weighted by atomic mass is 35.5. The van der Waals surface area contributed by atoms with Crippen LogP contribution in [0.2, 0.25) is 10.0 Å². The van der Waals surface area contributed by atoms with Crippen LogP contribution in [0.15, 0.2) is 18.2 Å². The lowest BCUT2D eigenvalue weighted by molar-refractivity contribution is -0.149. The molecule has 0 unspecified atom stereocenters. The molecule has 1 heterocycles. The molecule has 1 fully saturated rings. The molecule has 1 aliphatic heterocycles.